The number of carbonyl (C=O) groups excluding carboxylic acids is 1. The number of nitrogens with zero attached hydrogens (tertiary/aromatic N) is 3. The van der Waals surface area contributed by atoms with Gasteiger partial charge in [-0.15, -0.1) is 11.6 Å². The van der Waals surface area contributed by atoms with Crippen molar-refractivity contribution in [2.24, 2.45) is 0 Å². The fraction of sp³-hybridized carbons (Fsp3) is 0.167. The summed E-state index contributed by atoms with van der Waals surface area (Å²) < 4.78 is 43.9. The molecule has 1 N–H and O–H groups in total. The maximum atomic E-state index is 13.1. The summed E-state index contributed by atoms with van der Waals surface area (Å²) in [4.78, 5) is 16.5. The van der Waals surface area contributed by atoms with E-state index in [0.29, 0.717) is 11.4 Å². The van der Waals surface area contributed by atoms with Crippen molar-refractivity contribution in [3.05, 3.63) is 65.5 Å². The molecule has 0 atom stereocenters. The zero-order valence-electron chi connectivity index (χ0n) is 14.5. The average molecular weight is 411 g/mol. The van der Waals surface area contributed by atoms with Crippen molar-refractivity contribution in [3.8, 4) is 11.4 Å². The number of carbonyl (C=O) groups is 1. The molecule has 28 heavy (non-hydrogen) atoms. The maximum Gasteiger partial charge on any atom is 0.387 e. The minimum atomic E-state index is -3.05. The highest BCUT2D eigenvalue weighted by molar-refractivity contribution is 6.17. The van der Waals surface area contributed by atoms with E-state index in [0.717, 1.165) is 0 Å². The number of rotatable bonds is 6. The molecule has 2 heterocycles. The van der Waals surface area contributed by atoms with Gasteiger partial charge in [-0.25, -0.2) is 9.07 Å². The fourth-order valence-electron chi connectivity index (χ4n) is 2.45. The lowest BCUT2D eigenvalue weighted by Crippen LogP contribution is -2.13. The number of alkyl halides is 3. The summed E-state index contributed by atoms with van der Waals surface area (Å²) >= 11 is 5.65. The Bertz CT molecular complexity index is 993. The summed E-state index contributed by atoms with van der Waals surface area (Å²) in [5.41, 5.74) is 1.53. The van der Waals surface area contributed by atoms with E-state index in [4.69, 9.17) is 11.6 Å². The van der Waals surface area contributed by atoms with E-state index in [9.17, 15) is 18.0 Å². The molecule has 3 rings (SSSR count). The van der Waals surface area contributed by atoms with E-state index < -0.39 is 12.5 Å². The molecule has 10 heteroatoms. The van der Waals surface area contributed by atoms with Crippen LogP contribution in [0, 0.1) is 12.7 Å². The van der Waals surface area contributed by atoms with Crippen LogP contribution in [0.1, 0.15) is 21.7 Å². The number of pyridine rings is 1. The number of anilines is 1. The quantitative estimate of drug-likeness (QED) is 0.615. The second kappa shape index (κ2) is 8.30. The third kappa shape index (κ3) is 4.42. The molecule has 6 nitrogen and oxygen atoms in total. The smallest absolute Gasteiger partial charge is 0.387 e. The van der Waals surface area contributed by atoms with Gasteiger partial charge < -0.3 is 10.1 Å². The summed E-state index contributed by atoms with van der Waals surface area (Å²) in [6.07, 6.45) is 2.77. The topological polar surface area (TPSA) is 69.0 Å². The molecule has 1 aromatic carbocycles. The van der Waals surface area contributed by atoms with E-state index in [1.165, 1.54) is 47.4 Å². The SMILES string of the molecule is Cc1nn(-c2ccc(F)cc2)cc1C(=O)Nc1cnc(CCl)c(OC(F)F)c1. The van der Waals surface area contributed by atoms with Gasteiger partial charge in [0.05, 0.1) is 40.4 Å². The minimum absolute atomic E-state index is 0.125. The molecule has 0 radical (unpaired) electrons. The summed E-state index contributed by atoms with van der Waals surface area (Å²) in [7, 11) is 0. The van der Waals surface area contributed by atoms with Gasteiger partial charge >= 0.3 is 6.61 Å². The zero-order chi connectivity index (χ0) is 20.3. The molecule has 146 valence electrons. The van der Waals surface area contributed by atoms with Crippen molar-refractivity contribution in [1.29, 1.82) is 0 Å². The number of ether oxygens (including phenoxy) is 1. The molecule has 0 saturated heterocycles. The van der Waals surface area contributed by atoms with Crippen LogP contribution in [0.25, 0.3) is 5.69 Å². The molecular weight excluding hydrogens is 397 g/mol. The second-order valence-corrected chi connectivity index (χ2v) is 5.95. The first kappa shape index (κ1) is 19.7. The Labute approximate surface area is 162 Å². The van der Waals surface area contributed by atoms with Gasteiger partial charge in [0.25, 0.3) is 5.91 Å². The lowest BCUT2D eigenvalue weighted by atomic mass is 10.2. The van der Waals surface area contributed by atoms with Crippen molar-refractivity contribution in [2.45, 2.75) is 19.4 Å². The van der Waals surface area contributed by atoms with Crippen molar-refractivity contribution < 1.29 is 22.7 Å². The van der Waals surface area contributed by atoms with Crippen molar-refractivity contribution >= 4 is 23.2 Å². The van der Waals surface area contributed by atoms with E-state index in [1.54, 1.807) is 6.92 Å². The lowest BCUT2D eigenvalue weighted by Gasteiger charge is -2.10. The largest absolute Gasteiger partial charge is 0.433 e. The predicted octanol–water partition coefficient (Wildman–Crippen LogP) is 4.31. The highest BCUT2D eigenvalue weighted by Crippen LogP contribution is 2.25. The Morgan fingerprint density at radius 1 is 1.32 bits per heavy atom. The van der Waals surface area contributed by atoms with Crippen LogP contribution in [0.3, 0.4) is 0 Å². The first-order chi connectivity index (χ1) is 13.4. The molecule has 0 fully saturated rings. The van der Waals surface area contributed by atoms with Gasteiger partial charge in [0.15, 0.2) is 5.75 Å². The van der Waals surface area contributed by atoms with Crippen LogP contribution in [-0.2, 0) is 5.88 Å². The van der Waals surface area contributed by atoms with Gasteiger partial charge in [-0.05, 0) is 31.2 Å². The predicted molar refractivity (Wildman–Crippen MR) is 96.6 cm³/mol. The number of hydrogen-bond acceptors (Lipinski definition) is 4. The van der Waals surface area contributed by atoms with Gasteiger partial charge in [0.2, 0.25) is 0 Å². The van der Waals surface area contributed by atoms with Crippen molar-refractivity contribution in [3.63, 3.8) is 0 Å². The molecule has 0 bridgehead atoms. The molecule has 1 amide bonds. The number of amides is 1. The second-order valence-electron chi connectivity index (χ2n) is 5.68. The van der Waals surface area contributed by atoms with E-state index >= 15 is 0 Å². The van der Waals surface area contributed by atoms with Crippen LogP contribution in [0.5, 0.6) is 5.75 Å². The molecule has 0 spiro atoms. The number of benzene rings is 1. The standard InChI is InChI=1S/C18H14ClF3N4O2/c1-10-14(9-26(25-10)13-4-2-11(20)3-5-13)17(27)24-12-6-16(28-18(21)22)15(7-19)23-8-12/h2-6,8-9,18H,7H2,1H3,(H,24,27). The van der Waals surface area contributed by atoms with E-state index in [1.807, 2.05) is 0 Å². The Kier molecular flexibility index (Phi) is 5.84. The molecule has 0 saturated carbocycles. The van der Waals surface area contributed by atoms with Crippen LogP contribution in [0.4, 0.5) is 18.9 Å². The number of hydrogen-bond donors (Lipinski definition) is 1. The van der Waals surface area contributed by atoms with Crippen molar-refractivity contribution in [2.75, 3.05) is 5.32 Å². The summed E-state index contributed by atoms with van der Waals surface area (Å²) in [6.45, 7) is -1.42. The molecule has 0 aliphatic rings. The van der Waals surface area contributed by atoms with Crippen LogP contribution >= 0.6 is 11.6 Å². The molecule has 0 unspecified atom stereocenters. The molecular formula is C18H14ClF3N4O2. The summed E-state index contributed by atoms with van der Waals surface area (Å²) in [5, 5.41) is 6.79. The molecule has 0 aliphatic heterocycles. The third-order valence-electron chi connectivity index (χ3n) is 3.77. The van der Waals surface area contributed by atoms with Crippen LogP contribution in [0.2, 0.25) is 0 Å². The van der Waals surface area contributed by atoms with Crippen LogP contribution in [0.15, 0.2) is 42.7 Å². The highest BCUT2D eigenvalue weighted by atomic mass is 35.5. The lowest BCUT2D eigenvalue weighted by molar-refractivity contribution is -0.0505. The molecule has 3 aromatic rings. The maximum absolute atomic E-state index is 13.1. The average Bonchev–Trinajstić information content (AvgIpc) is 3.04. The van der Waals surface area contributed by atoms with Crippen LogP contribution < -0.4 is 10.1 Å². The minimum Gasteiger partial charge on any atom is -0.433 e. The molecule has 2 aromatic heterocycles. The first-order valence-electron chi connectivity index (χ1n) is 8.00. The summed E-state index contributed by atoms with van der Waals surface area (Å²) in [6, 6.07) is 6.81. The number of nitrogens with one attached hydrogen (secondary N) is 1. The summed E-state index contributed by atoms with van der Waals surface area (Å²) in [5.74, 6) is -1.25. The van der Waals surface area contributed by atoms with E-state index in [2.05, 4.69) is 20.1 Å². The fourth-order valence-corrected chi connectivity index (χ4v) is 2.65. The first-order valence-corrected chi connectivity index (χ1v) is 8.54. The van der Waals surface area contributed by atoms with Crippen molar-refractivity contribution in [1.82, 2.24) is 14.8 Å². The Balaban J connectivity index is 1.82. The highest BCUT2D eigenvalue weighted by Gasteiger charge is 2.17. The number of aromatic nitrogens is 3. The Morgan fingerprint density at radius 2 is 2.04 bits per heavy atom. The normalized spacial score (nSPS) is 10.9. The van der Waals surface area contributed by atoms with Gasteiger partial charge in [0, 0.05) is 12.3 Å². The monoisotopic (exact) mass is 410 g/mol. The Morgan fingerprint density at radius 3 is 2.68 bits per heavy atom. The van der Waals surface area contributed by atoms with E-state index in [-0.39, 0.29) is 34.4 Å². The zero-order valence-corrected chi connectivity index (χ0v) is 15.3. The number of aryl methyl sites for hydroxylation is 1. The van der Waals surface area contributed by atoms with Gasteiger partial charge in [-0.3, -0.25) is 9.78 Å². The van der Waals surface area contributed by atoms with Gasteiger partial charge in [-0.1, -0.05) is 0 Å². The Hall–Kier alpha value is -3.07. The van der Waals surface area contributed by atoms with Gasteiger partial charge in [0.1, 0.15) is 5.82 Å². The van der Waals surface area contributed by atoms with Gasteiger partial charge in [-0.2, -0.15) is 13.9 Å². The molecule has 0 aliphatic carbocycles. The third-order valence-corrected chi connectivity index (χ3v) is 4.02. The number of halogens is 4. The van der Waals surface area contributed by atoms with Crippen LogP contribution in [-0.4, -0.2) is 27.3 Å².